The summed E-state index contributed by atoms with van der Waals surface area (Å²) in [7, 11) is 1.55. The molecule has 1 aromatic heterocycles. The summed E-state index contributed by atoms with van der Waals surface area (Å²) in [6.07, 6.45) is 0. The molecule has 132 valence electrons. The van der Waals surface area contributed by atoms with Crippen LogP contribution in [0.2, 0.25) is 0 Å². The van der Waals surface area contributed by atoms with E-state index in [1.54, 1.807) is 38.3 Å². The van der Waals surface area contributed by atoms with Crippen molar-refractivity contribution in [1.29, 1.82) is 0 Å². The SMILES string of the molecule is COc1ccc(C(=O)NNC(=O)c2sc(-c3ccccc3)nc2C)cc1. The van der Waals surface area contributed by atoms with Gasteiger partial charge in [-0.3, -0.25) is 20.4 Å². The molecular formula is C19H17N3O3S. The van der Waals surface area contributed by atoms with Gasteiger partial charge in [0.25, 0.3) is 11.8 Å². The van der Waals surface area contributed by atoms with Crippen molar-refractivity contribution in [3.8, 4) is 16.3 Å². The van der Waals surface area contributed by atoms with E-state index in [0.29, 0.717) is 21.9 Å². The molecule has 0 unspecified atom stereocenters. The van der Waals surface area contributed by atoms with Crippen molar-refractivity contribution >= 4 is 23.2 Å². The van der Waals surface area contributed by atoms with E-state index in [9.17, 15) is 9.59 Å². The van der Waals surface area contributed by atoms with Gasteiger partial charge in [-0.05, 0) is 31.2 Å². The number of carbonyl (C=O) groups is 2. The number of amides is 2. The molecule has 26 heavy (non-hydrogen) atoms. The van der Waals surface area contributed by atoms with Crippen LogP contribution in [0.4, 0.5) is 0 Å². The Labute approximate surface area is 154 Å². The molecule has 0 aliphatic rings. The number of hydrogen-bond donors (Lipinski definition) is 2. The molecule has 0 atom stereocenters. The zero-order chi connectivity index (χ0) is 18.5. The second-order valence-corrected chi connectivity index (χ2v) is 6.44. The van der Waals surface area contributed by atoms with Crippen molar-refractivity contribution in [2.24, 2.45) is 0 Å². The van der Waals surface area contributed by atoms with Gasteiger partial charge in [-0.15, -0.1) is 11.3 Å². The summed E-state index contributed by atoms with van der Waals surface area (Å²) in [6, 6.07) is 16.2. The number of nitrogens with one attached hydrogen (secondary N) is 2. The second-order valence-electron chi connectivity index (χ2n) is 5.44. The zero-order valence-electron chi connectivity index (χ0n) is 14.3. The number of nitrogens with zero attached hydrogens (tertiary/aromatic N) is 1. The lowest BCUT2D eigenvalue weighted by Gasteiger charge is -2.07. The Kier molecular flexibility index (Phi) is 5.28. The fraction of sp³-hybridized carbons (Fsp3) is 0.105. The van der Waals surface area contributed by atoms with Gasteiger partial charge in [0.05, 0.1) is 12.8 Å². The van der Waals surface area contributed by atoms with Crippen LogP contribution in [0.25, 0.3) is 10.6 Å². The molecule has 3 aromatic rings. The molecule has 0 radical (unpaired) electrons. The molecule has 2 aromatic carbocycles. The molecule has 0 spiro atoms. The maximum Gasteiger partial charge on any atom is 0.281 e. The van der Waals surface area contributed by atoms with Crippen LogP contribution in [0, 0.1) is 6.92 Å². The Morgan fingerprint density at radius 3 is 2.27 bits per heavy atom. The predicted molar refractivity (Wildman–Crippen MR) is 100 cm³/mol. The van der Waals surface area contributed by atoms with Crippen molar-refractivity contribution in [2.45, 2.75) is 6.92 Å². The standard InChI is InChI=1S/C19H17N3O3S/c1-12-16(26-19(20-12)14-6-4-3-5-7-14)18(24)22-21-17(23)13-8-10-15(25-2)11-9-13/h3-11H,1-2H3,(H,21,23)(H,22,24). The van der Waals surface area contributed by atoms with Gasteiger partial charge < -0.3 is 4.74 Å². The van der Waals surface area contributed by atoms with E-state index >= 15 is 0 Å². The van der Waals surface area contributed by atoms with Crippen LogP contribution < -0.4 is 15.6 Å². The average Bonchev–Trinajstić information content (AvgIpc) is 3.08. The van der Waals surface area contributed by atoms with E-state index < -0.39 is 11.8 Å². The summed E-state index contributed by atoms with van der Waals surface area (Å²) in [4.78, 5) is 29.4. The van der Waals surface area contributed by atoms with Crippen LogP contribution in [-0.4, -0.2) is 23.9 Å². The Morgan fingerprint density at radius 2 is 1.62 bits per heavy atom. The van der Waals surface area contributed by atoms with Crippen molar-refractivity contribution < 1.29 is 14.3 Å². The summed E-state index contributed by atoms with van der Waals surface area (Å²) < 4.78 is 5.05. The van der Waals surface area contributed by atoms with Crippen LogP contribution in [0.1, 0.15) is 25.7 Å². The maximum atomic E-state index is 12.4. The molecule has 2 N–H and O–H groups in total. The molecule has 0 fully saturated rings. The first-order valence-electron chi connectivity index (χ1n) is 7.86. The number of rotatable bonds is 4. The highest BCUT2D eigenvalue weighted by molar-refractivity contribution is 7.17. The number of benzene rings is 2. The van der Waals surface area contributed by atoms with E-state index in [4.69, 9.17) is 4.74 Å². The highest BCUT2D eigenvalue weighted by Gasteiger charge is 2.17. The largest absolute Gasteiger partial charge is 0.497 e. The number of thiazole rings is 1. The summed E-state index contributed by atoms with van der Waals surface area (Å²) in [6.45, 7) is 1.77. The monoisotopic (exact) mass is 367 g/mol. The number of aryl methyl sites for hydroxylation is 1. The molecule has 7 heteroatoms. The molecule has 0 bridgehead atoms. The zero-order valence-corrected chi connectivity index (χ0v) is 15.1. The van der Waals surface area contributed by atoms with Gasteiger partial charge in [0.15, 0.2) is 0 Å². The van der Waals surface area contributed by atoms with Crippen molar-refractivity contribution in [2.75, 3.05) is 7.11 Å². The normalized spacial score (nSPS) is 10.2. The number of hydrazine groups is 1. The highest BCUT2D eigenvalue weighted by Crippen LogP contribution is 2.27. The first-order valence-corrected chi connectivity index (χ1v) is 8.67. The first kappa shape index (κ1) is 17.6. The number of aromatic nitrogens is 1. The third-order valence-corrected chi connectivity index (χ3v) is 4.87. The van der Waals surface area contributed by atoms with E-state index in [2.05, 4.69) is 15.8 Å². The Morgan fingerprint density at radius 1 is 0.962 bits per heavy atom. The molecule has 2 amide bonds. The smallest absolute Gasteiger partial charge is 0.281 e. The third-order valence-electron chi connectivity index (χ3n) is 3.67. The van der Waals surface area contributed by atoms with Gasteiger partial charge in [-0.25, -0.2) is 4.98 Å². The van der Waals surface area contributed by atoms with Crippen LogP contribution in [0.5, 0.6) is 5.75 Å². The van der Waals surface area contributed by atoms with Gasteiger partial charge in [0.1, 0.15) is 15.6 Å². The minimum Gasteiger partial charge on any atom is -0.497 e. The topological polar surface area (TPSA) is 80.3 Å². The predicted octanol–water partition coefficient (Wildman–Crippen LogP) is 3.20. The minimum absolute atomic E-state index is 0.399. The van der Waals surface area contributed by atoms with E-state index in [1.807, 2.05) is 30.3 Å². The molecule has 1 heterocycles. The molecule has 0 saturated heterocycles. The van der Waals surface area contributed by atoms with Gasteiger partial charge >= 0.3 is 0 Å². The Hall–Kier alpha value is -3.19. The summed E-state index contributed by atoms with van der Waals surface area (Å²) >= 11 is 1.28. The highest BCUT2D eigenvalue weighted by atomic mass is 32.1. The van der Waals surface area contributed by atoms with Crippen LogP contribution in [0.3, 0.4) is 0 Å². The Balaban J connectivity index is 1.66. The van der Waals surface area contributed by atoms with Crippen LogP contribution >= 0.6 is 11.3 Å². The van der Waals surface area contributed by atoms with Crippen LogP contribution in [-0.2, 0) is 0 Å². The van der Waals surface area contributed by atoms with Crippen molar-refractivity contribution in [3.63, 3.8) is 0 Å². The molecule has 6 nitrogen and oxygen atoms in total. The second kappa shape index (κ2) is 7.79. The molecule has 0 saturated carbocycles. The fourth-order valence-corrected chi connectivity index (χ4v) is 3.26. The molecule has 0 aliphatic carbocycles. The third kappa shape index (κ3) is 3.89. The van der Waals surface area contributed by atoms with Crippen LogP contribution in [0.15, 0.2) is 54.6 Å². The van der Waals surface area contributed by atoms with Gasteiger partial charge in [-0.1, -0.05) is 30.3 Å². The Bertz CT molecular complexity index is 921. The summed E-state index contributed by atoms with van der Waals surface area (Å²) in [5.74, 6) is -0.158. The molecular weight excluding hydrogens is 350 g/mol. The van der Waals surface area contributed by atoms with Crippen molar-refractivity contribution in [3.05, 3.63) is 70.7 Å². The maximum absolute atomic E-state index is 12.4. The van der Waals surface area contributed by atoms with E-state index in [-0.39, 0.29) is 0 Å². The van der Waals surface area contributed by atoms with E-state index in [0.717, 1.165) is 10.6 Å². The van der Waals surface area contributed by atoms with Crippen molar-refractivity contribution in [1.82, 2.24) is 15.8 Å². The number of hydrogen-bond acceptors (Lipinski definition) is 5. The fourth-order valence-electron chi connectivity index (χ4n) is 2.30. The quantitative estimate of drug-likeness (QED) is 0.694. The number of ether oxygens (including phenoxy) is 1. The number of methoxy groups -OCH3 is 1. The lowest BCUT2D eigenvalue weighted by atomic mass is 10.2. The molecule has 0 aliphatic heterocycles. The summed E-state index contributed by atoms with van der Waals surface area (Å²) in [5, 5.41) is 0.759. The van der Waals surface area contributed by atoms with E-state index in [1.165, 1.54) is 11.3 Å². The molecule has 3 rings (SSSR count). The average molecular weight is 367 g/mol. The summed E-state index contributed by atoms with van der Waals surface area (Å²) in [5.41, 5.74) is 6.82. The minimum atomic E-state index is -0.411. The van der Waals surface area contributed by atoms with Gasteiger partial charge in [0, 0.05) is 11.1 Å². The van der Waals surface area contributed by atoms with Gasteiger partial charge in [-0.2, -0.15) is 0 Å². The lowest BCUT2D eigenvalue weighted by molar-refractivity contribution is 0.0848. The number of carbonyl (C=O) groups excluding carboxylic acids is 2. The van der Waals surface area contributed by atoms with Gasteiger partial charge in [0.2, 0.25) is 0 Å². The first-order chi connectivity index (χ1) is 12.6. The lowest BCUT2D eigenvalue weighted by Crippen LogP contribution is -2.41.